The molecule has 2 aromatic rings. The van der Waals surface area contributed by atoms with Crippen molar-refractivity contribution in [3.63, 3.8) is 0 Å². The number of nitrogens with two attached hydrogens (primary N) is 1. The smallest absolute Gasteiger partial charge is 0.258 e. The maximum Gasteiger partial charge on any atom is 0.258 e. The molecule has 0 bridgehead atoms. The van der Waals surface area contributed by atoms with Gasteiger partial charge in [-0.05, 0) is 41.8 Å². The molecule has 0 aliphatic carbocycles. The van der Waals surface area contributed by atoms with E-state index >= 15 is 0 Å². The lowest BCUT2D eigenvalue weighted by Crippen LogP contribution is -2.28. The Balaban J connectivity index is 1.91. The standard InChI is InChI=1S/C16H15FN2O/c17-14-6-5-12-7-8-19(15(12)9-14)16(20)13-3-1-11(10-18)2-4-13/h1-6,9H,7-8,10,18H2. The number of hydrogen-bond donors (Lipinski definition) is 1. The first kappa shape index (κ1) is 12.8. The summed E-state index contributed by atoms with van der Waals surface area (Å²) in [7, 11) is 0. The summed E-state index contributed by atoms with van der Waals surface area (Å²) in [5.41, 5.74) is 8.81. The first-order valence-electron chi connectivity index (χ1n) is 6.58. The summed E-state index contributed by atoms with van der Waals surface area (Å²) in [6.45, 7) is 1.04. The Kier molecular flexibility index (Phi) is 3.24. The minimum absolute atomic E-state index is 0.0991. The fourth-order valence-corrected chi connectivity index (χ4v) is 2.50. The van der Waals surface area contributed by atoms with Gasteiger partial charge in [0.15, 0.2) is 0 Å². The Morgan fingerprint density at radius 2 is 1.95 bits per heavy atom. The maximum absolute atomic E-state index is 13.3. The normalized spacial score (nSPS) is 13.4. The molecule has 0 fully saturated rings. The molecule has 3 nitrogen and oxygen atoms in total. The van der Waals surface area contributed by atoms with Crippen molar-refractivity contribution in [2.24, 2.45) is 5.73 Å². The van der Waals surface area contributed by atoms with E-state index in [1.807, 2.05) is 12.1 Å². The number of hydrogen-bond acceptors (Lipinski definition) is 2. The minimum Gasteiger partial charge on any atom is -0.326 e. The molecule has 0 unspecified atom stereocenters. The molecule has 0 aromatic heterocycles. The van der Waals surface area contributed by atoms with Gasteiger partial charge in [-0.15, -0.1) is 0 Å². The van der Waals surface area contributed by atoms with Crippen LogP contribution in [-0.4, -0.2) is 12.5 Å². The van der Waals surface area contributed by atoms with Gasteiger partial charge in [-0.3, -0.25) is 4.79 Å². The molecule has 1 aliphatic heterocycles. The highest BCUT2D eigenvalue weighted by Gasteiger charge is 2.25. The van der Waals surface area contributed by atoms with Gasteiger partial charge in [0.1, 0.15) is 5.82 Å². The van der Waals surface area contributed by atoms with E-state index in [0.29, 0.717) is 24.3 Å². The van der Waals surface area contributed by atoms with Crippen molar-refractivity contribution < 1.29 is 9.18 Å². The molecule has 102 valence electrons. The van der Waals surface area contributed by atoms with E-state index in [4.69, 9.17) is 5.73 Å². The van der Waals surface area contributed by atoms with Crippen LogP contribution in [0, 0.1) is 5.82 Å². The molecule has 0 saturated carbocycles. The second-order valence-corrected chi connectivity index (χ2v) is 4.88. The van der Waals surface area contributed by atoms with E-state index in [-0.39, 0.29) is 11.7 Å². The Morgan fingerprint density at radius 1 is 1.20 bits per heavy atom. The SMILES string of the molecule is NCc1ccc(C(=O)N2CCc3ccc(F)cc32)cc1. The van der Waals surface area contributed by atoms with Crippen molar-refractivity contribution in [2.45, 2.75) is 13.0 Å². The van der Waals surface area contributed by atoms with Crippen LogP contribution in [0.3, 0.4) is 0 Å². The zero-order valence-corrected chi connectivity index (χ0v) is 11.0. The van der Waals surface area contributed by atoms with Gasteiger partial charge >= 0.3 is 0 Å². The number of nitrogens with zero attached hydrogens (tertiary/aromatic N) is 1. The Morgan fingerprint density at radius 3 is 2.65 bits per heavy atom. The van der Waals surface area contributed by atoms with Crippen LogP contribution >= 0.6 is 0 Å². The van der Waals surface area contributed by atoms with E-state index in [0.717, 1.165) is 17.5 Å². The van der Waals surface area contributed by atoms with Crippen LogP contribution in [-0.2, 0) is 13.0 Å². The summed E-state index contributed by atoms with van der Waals surface area (Å²) < 4.78 is 13.3. The number of anilines is 1. The minimum atomic E-state index is -0.318. The Hall–Kier alpha value is -2.20. The van der Waals surface area contributed by atoms with Gasteiger partial charge in [0, 0.05) is 18.7 Å². The van der Waals surface area contributed by atoms with Gasteiger partial charge in [0.2, 0.25) is 0 Å². The summed E-state index contributed by atoms with van der Waals surface area (Å²) in [6, 6.07) is 11.8. The molecule has 4 heteroatoms. The summed E-state index contributed by atoms with van der Waals surface area (Å²) in [4.78, 5) is 14.1. The molecule has 2 N–H and O–H groups in total. The summed E-state index contributed by atoms with van der Waals surface area (Å²) in [5, 5.41) is 0. The van der Waals surface area contributed by atoms with Gasteiger partial charge in [0.05, 0.1) is 5.69 Å². The molecule has 0 atom stereocenters. The van der Waals surface area contributed by atoms with Crippen molar-refractivity contribution in [3.8, 4) is 0 Å². The van der Waals surface area contributed by atoms with Crippen LogP contribution in [0.2, 0.25) is 0 Å². The van der Waals surface area contributed by atoms with Gasteiger partial charge in [-0.2, -0.15) is 0 Å². The van der Waals surface area contributed by atoms with Crippen LogP contribution in [0.25, 0.3) is 0 Å². The number of rotatable bonds is 2. The molecule has 0 spiro atoms. The van der Waals surface area contributed by atoms with Gasteiger partial charge in [-0.1, -0.05) is 18.2 Å². The zero-order chi connectivity index (χ0) is 14.1. The van der Waals surface area contributed by atoms with Crippen molar-refractivity contribution in [3.05, 3.63) is 65.0 Å². The summed E-state index contributed by atoms with van der Waals surface area (Å²) >= 11 is 0. The number of fused-ring (bicyclic) bond motifs is 1. The third-order valence-electron chi connectivity index (χ3n) is 3.62. The molecular weight excluding hydrogens is 255 g/mol. The fraction of sp³-hybridized carbons (Fsp3) is 0.188. The van der Waals surface area contributed by atoms with Crippen LogP contribution < -0.4 is 10.6 Å². The topological polar surface area (TPSA) is 46.3 Å². The molecule has 0 saturated heterocycles. The molecule has 1 amide bonds. The Bertz CT molecular complexity index is 652. The molecular formula is C16H15FN2O. The number of carbonyl (C=O) groups is 1. The van der Waals surface area contributed by atoms with E-state index < -0.39 is 0 Å². The lowest BCUT2D eigenvalue weighted by molar-refractivity contribution is 0.0989. The first-order valence-corrected chi connectivity index (χ1v) is 6.58. The first-order chi connectivity index (χ1) is 9.69. The zero-order valence-electron chi connectivity index (χ0n) is 11.0. The van der Waals surface area contributed by atoms with Crippen molar-refractivity contribution in [1.29, 1.82) is 0 Å². The average Bonchev–Trinajstić information content (AvgIpc) is 2.89. The maximum atomic E-state index is 13.3. The lowest BCUT2D eigenvalue weighted by Gasteiger charge is -2.17. The molecule has 3 rings (SSSR count). The number of halogens is 1. The predicted molar refractivity (Wildman–Crippen MR) is 76.1 cm³/mol. The second-order valence-electron chi connectivity index (χ2n) is 4.88. The van der Waals surface area contributed by atoms with Crippen molar-refractivity contribution >= 4 is 11.6 Å². The van der Waals surface area contributed by atoms with E-state index in [2.05, 4.69) is 0 Å². The number of carbonyl (C=O) groups excluding carboxylic acids is 1. The highest BCUT2D eigenvalue weighted by molar-refractivity contribution is 6.07. The van der Waals surface area contributed by atoms with Crippen molar-refractivity contribution in [1.82, 2.24) is 0 Å². The highest BCUT2D eigenvalue weighted by atomic mass is 19.1. The van der Waals surface area contributed by atoms with E-state index in [1.165, 1.54) is 12.1 Å². The van der Waals surface area contributed by atoms with Gasteiger partial charge in [-0.25, -0.2) is 4.39 Å². The molecule has 1 aliphatic rings. The van der Waals surface area contributed by atoms with Gasteiger partial charge < -0.3 is 10.6 Å². The van der Waals surface area contributed by atoms with Crippen LogP contribution in [0.15, 0.2) is 42.5 Å². The predicted octanol–water partition coefficient (Wildman–Crippen LogP) is 2.49. The van der Waals surface area contributed by atoms with Crippen LogP contribution in [0.4, 0.5) is 10.1 Å². The van der Waals surface area contributed by atoms with Gasteiger partial charge in [0.25, 0.3) is 5.91 Å². The monoisotopic (exact) mass is 270 g/mol. The fourth-order valence-electron chi connectivity index (χ4n) is 2.50. The van der Waals surface area contributed by atoms with Crippen LogP contribution in [0.1, 0.15) is 21.5 Å². The van der Waals surface area contributed by atoms with E-state index in [1.54, 1.807) is 23.1 Å². The number of benzene rings is 2. The summed E-state index contributed by atoms with van der Waals surface area (Å²) in [6.07, 6.45) is 0.766. The van der Waals surface area contributed by atoms with Crippen LogP contribution in [0.5, 0.6) is 0 Å². The largest absolute Gasteiger partial charge is 0.326 e. The molecule has 1 heterocycles. The van der Waals surface area contributed by atoms with E-state index in [9.17, 15) is 9.18 Å². The Labute approximate surface area is 116 Å². The third kappa shape index (κ3) is 2.18. The molecule has 20 heavy (non-hydrogen) atoms. The average molecular weight is 270 g/mol. The number of amides is 1. The lowest BCUT2D eigenvalue weighted by atomic mass is 10.1. The second kappa shape index (κ2) is 5.06. The molecule has 0 radical (unpaired) electrons. The summed E-state index contributed by atoms with van der Waals surface area (Å²) in [5.74, 6) is -0.417. The quantitative estimate of drug-likeness (QED) is 0.911. The highest BCUT2D eigenvalue weighted by Crippen LogP contribution is 2.30. The third-order valence-corrected chi connectivity index (χ3v) is 3.62. The van der Waals surface area contributed by atoms with Crippen molar-refractivity contribution in [2.75, 3.05) is 11.4 Å². The molecule has 2 aromatic carbocycles.